The number of rotatable bonds is 7. The van der Waals surface area contributed by atoms with Crippen molar-refractivity contribution in [2.75, 3.05) is 0 Å². The molecule has 20 heavy (non-hydrogen) atoms. The summed E-state index contributed by atoms with van der Waals surface area (Å²) in [4.78, 5) is 11.0. The predicted molar refractivity (Wildman–Crippen MR) is 82.9 cm³/mol. The number of nitrogens with two attached hydrogens (primary N) is 1. The molecule has 0 fully saturated rings. The van der Waals surface area contributed by atoms with Crippen LogP contribution in [0.3, 0.4) is 0 Å². The Labute approximate surface area is 122 Å². The van der Waals surface area contributed by atoms with E-state index < -0.39 is 11.5 Å². The summed E-state index contributed by atoms with van der Waals surface area (Å²) in [6, 6.07) is 6.54. The summed E-state index contributed by atoms with van der Waals surface area (Å²) < 4.78 is 0. The number of carbonyl (C=O) groups is 1. The Kier molecular flexibility index (Phi) is 5.75. The van der Waals surface area contributed by atoms with Gasteiger partial charge in [-0.3, -0.25) is 4.79 Å². The van der Waals surface area contributed by atoms with Gasteiger partial charge in [0, 0.05) is 0 Å². The first-order valence-corrected chi connectivity index (χ1v) is 7.31. The summed E-state index contributed by atoms with van der Waals surface area (Å²) in [6.07, 6.45) is 3.65. The largest absolute Gasteiger partial charge is 0.480 e. The highest BCUT2D eigenvalue weighted by molar-refractivity contribution is 5.77. The lowest BCUT2D eigenvalue weighted by Gasteiger charge is -2.23. The Morgan fingerprint density at radius 2 is 2.05 bits per heavy atom. The van der Waals surface area contributed by atoms with E-state index in [-0.39, 0.29) is 0 Å². The van der Waals surface area contributed by atoms with Gasteiger partial charge in [-0.1, -0.05) is 37.1 Å². The van der Waals surface area contributed by atoms with Gasteiger partial charge in [-0.15, -0.1) is 0 Å². The molecule has 0 aliphatic carbocycles. The topological polar surface area (TPSA) is 63.3 Å². The van der Waals surface area contributed by atoms with Crippen molar-refractivity contribution < 1.29 is 9.90 Å². The molecule has 3 heteroatoms. The van der Waals surface area contributed by atoms with Gasteiger partial charge in [0.15, 0.2) is 0 Å². The SMILES string of the molecule is Cc1ccc(C)c(CCCC(C)CC(C)(N)C(=O)O)c1. The maximum absolute atomic E-state index is 11.0. The molecule has 0 aliphatic rings. The average molecular weight is 277 g/mol. The van der Waals surface area contributed by atoms with Gasteiger partial charge in [0.25, 0.3) is 0 Å². The summed E-state index contributed by atoms with van der Waals surface area (Å²) in [6.45, 7) is 7.92. The highest BCUT2D eigenvalue weighted by Gasteiger charge is 2.29. The van der Waals surface area contributed by atoms with Crippen molar-refractivity contribution in [2.45, 2.75) is 58.9 Å². The fourth-order valence-electron chi connectivity index (χ4n) is 2.62. The van der Waals surface area contributed by atoms with E-state index in [0.29, 0.717) is 12.3 Å². The molecular weight excluding hydrogens is 250 g/mol. The lowest BCUT2D eigenvalue weighted by atomic mass is 9.87. The summed E-state index contributed by atoms with van der Waals surface area (Å²) in [5.74, 6) is -0.593. The number of hydrogen-bond acceptors (Lipinski definition) is 2. The quantitative estimate of drug-likeness (QED) is 0.802. The molecule has 3 nitrogen and oxygen atoms in total. The van der Waals surface area contributed by atoms with Gasteiger partial charge in [0.05, 0.1) is 0 Å². The van der Waals surface area contributed by atoms with Crippen LogP contribution < -0.4 is 5.73 Å². The van der Waals surface area contributed by atoms with E-state index in [4.69, 9.17) is 10.8 Å². The van der Waals surface area contributed by atoms with Crippen LogP contribution in [-0.4, -0.2) is 16.6 Å². The zero-order valence-corrected chi connectivity index (χ0v) is 13.1. The molecule has 0 aromatic heterocycles. The molecule has 0 bridgehead atoms. The Morgan fingerprint density at radius 3 is 2.65 bits per heavy atom. The first-order valence-electron chi connectivity index (χ1n) is 7.31. The molecule has 0 amide bonds. The van der Waals surface area contributed by atoms with Crippen molar-refractivity contribution in [3.63, 3.8) is 0 Å². The Balaban J connectivity index is 2.44. The minimum atomic E-state index is -1.11. The van der Waals surface area contributed by atoms with Gasteiger partial charge in [-0.2, -0.15) is 0 Å². The molecule has 0 radical (unpaired) electrons. The molecule has 1 aromatic rings. The van der Waals surface area contributed by atoms with Crippen molar-refractivity contribution in [3.8, 4) is 0 Å². The summed E-state index contributed by atoms with van der Waals surface area (Å²) in [5.41, 5.74) is 8.69. The summed E-state index contributed by atoms with van der Waals surface area (Å²) in [5, 5.41) is 9.04. The Bertz CT molecular complexity index is 466. The normalized spacial score (nSPS) is 15.7. The van der Waals surface area contributed by atoms with Crippen LogP contribution in [0.15, 0.2) is 18.2 Å². The zero-order valence-electron chi connectivity index (χ0n) is 13.1. The standard InChI is InChI=1S/C17H27NO2/c1-12-8-9-14(3)15(10-12)7-5-6-13(2)11-17(4,18)16(19)20/h8-10,13H,5-7,11,18H2,1-4H3,(H,19,20). The third kappa shape index (κ3) is 4.97. The second kappa shape index (κ2) is 6.89. The van der Waals surface area contributed by atoms with E-state index in [1.807, 2.05) is 0 Å². The van der Waals surface area contributed by atoms with Crippen LogP contribution in [0, 0.1) is 19.8 Å². The molecule has 0 saturated heterocycles. The first-order chi connectivity index (χ1) is 9.22. The maximum Gasteiger partial charge on any atom is 0.323 e. The number of aliphatic carboxylic acids is 1. The van der Waals surface area contributed by atoms with Crippen LogP contribution >= 0.6 is 0 Å². The van der Waals surface area contributed by atoms with E-state index in [2.05, 4.69) is 39.0 Å². The van der Waals surface area contributed by atoms with Gasteiger partial charge in [-0.25, -0.2) is 0 Å². The molecule has 112 valence electrons. The van der Waals surface area contributed by atoms with Crippen LogP contribution in [0.5, 0.6) is 0 Å². The molecule has 0 saturated carbocycles. The number of aryl methyl sites for hydroxylation is 3. The molecule has 2 atom stereocenters. The minimum absolute atomic E-state index is 0.325. The van der Waals surface area contributed by atoms with E-state index in [1.54, 1.807) is 6.92 Å². The molecule has 0 heterocycles. The van der Waals surface area contributed by atoms with Gasteiger partial charge in [0.1, 0.15) is 5.54 Å². The molecule has 2 unspecified atom stereocenters. The Hall–Kier alpha value is -1.35. The van der Waals surface area contributed by atoms with Crippen molar-refractivity contribution in [2.24, 2.45) is 11.7 Å². The molecule has 0 spiro atoms. The third-order valence-corrected chi connectivity index (χ3v) is 3.91. The zero-order chi connectivity index (χ0) is 15.3. The smallest absolute Gasteiger partial charge is 0.323 e. The highest BCUT2D eigenvalue weighted by atomic mass is 16.4. The number of carboxylic acid groups (broad SMARTS) is 1. The number of carboxylic acids is 1. The van der Waals surface area contributed by atoms with Crippen molar-refractivity contribution in [3.05, 3.63) is 34.9 Å². The van der Waals surface area contributed by atoms with Gasteiger partial charge in [-0.05, 0) is 57.1 Å². The van der Waals surface area contributed by atoms with Crippen molar-refractivity contribution in [1.29, 1.82) is 0 Å². The average Bonchev–Trinajstić information content (AvgIpc) is 2.32. The monoisotopic (exact) mass is 277 g/mol. The third-order valence-electron chi connectivity index (χ3n) is 3.91. The van der Waals surface area contributed by atoms with Crippen molar-refractivity contribution >= 4 is 5.97 Å². The van der Waals surface area contributed by atoms with Crippen LogP contribution in [0.1, 0.15) is 49.8 Å². The number of hydrogen-bond donors (Lipinski definition) is 2. The van der Waals surface area contributed by atoms with Crippen LogP contribution in [0.2, 0.25) is 0 Å². The fourth-order valence-corrected chi connectivity index (χ4v) is 2.62. The predicted octanol–water partition coefficient (Wildman–Crippen LogP) is 3.45. The summed E-state index contributed by atoms with van der Waals surface area (Å²) >= 11 is 0. The first kappa shape index (κ1) is 16.7. The number of benzene rings is 1. The van der Waals surface area contributed by atoms with Crippen LogP contribution in [0.25, 0.3) is 0 Å². The molecule has 0 aliphatic heterocycles. The van der Waals surface area contributed by atoms with E-state index in [1.165, 1.54) is 16.7 Å². The van der Waals surface area contributed by atoms with Crippen molar-refractivity contribution in [1.82, 2.24) is 0 Å². The second-order valence-corrected chi connectivity index (χ2v) is 6.35. The minimum Gasteiger partial charge on any atom is -0.480 e. The van der Waals surface area contributed by atoms with E-state index in [9.17, 15) is 4.79 Å². The van der Waals surface area contributed by atoms with Gasteiger partial charge >= 0.3 is 5.97 Å². The Morgan fingerprint density at radius 1 is 1.40 bits per heavy atom. The highest BCUT2D eigenvalue weighted by Crippen LogP contribution is 2.21. The fraction of sp³-hybridized carbons (Fsp3) is 0.588. The maximum atomic E-state index is 11.0. The molecule has 1 rings (SSSR count). The van der Waals surface area contributed by atoms with Crippen LogP contribution in [0.4, 0.5) is 0 Å². The van der Waals surface area contributed by atoms with E-state index >= 15 is 0 Å². The molecule has 1 aromatic carbocycles. The second-order valence-electron chi connectivity index (χ2n) is 6.35. The summed E-state index contributed by atoms with van der Waals surface area (Å²) in [7, 11) is 0. The van der Waals surface area contributed by atoms with Gasteiger partial charge < -0.3 is 10.8 Å². The molecular formula is C17H27NO2. The lowest BCUT2D eigenvalue weighted by Crippen LogP contribution is -2.46. The van der Waals surface area contributed by atoms with Crippen LogP contribution in [-0.2, 0) is 11.2 Å². The lowest BCUT2D eigenvalue weighted by molar-refractivity contribution is -0.143. The van der Waals surface area contributed by atoms with E-state index in [0.717, 1.165) is 19.3 Å². The van der Waals surface area contributed by atoms with Gasteiger partial charge in [0.2, 0.25) is 0 Å². The molecule has 3 N–H and O–H groups in total.